The van der Waals surface area contributed by atoms with E-state index in [4.69, 9.17) is 4.74 Å². The fourth-order valence-corrected chi connectivity index (χ4v) is 2.40. The first-order chi connectivity index (χ1) is 8.83. The molecule has 0 heterocycles. The van der Waals surface area contributed by atoms with Crippen molar-refractivity contribution in [1.29, 1.82) is 0 Å². The molecule has 0 bridgehead atoms. The van der Waals surface area contributed by atoms with Crippen LogP contribution in [-0.4, -0.2) is 38.8 Å². The average molecular weight is 256 g/mol. The summed E-state index contributed by atoms with van der Waals surface area (Å²) in [5, 5.41) is 6.31. The summed E-state index contributed by atoms with van der Waals surface area (Å²) in [4.78, 5) is 11.7. The van der Waals surface area contributed by atoms with Crippen LogP contribution in [0.2, 0.25) is 0 Å². The lowest BCUT2D eigenvalue weighted by atomic mass is 9.95. The molecule has 1 aliphatic carbocycles. The highest BCUT2D eigenvalue weighted by Gasteiger charge is 2.14. The smallest absolute Gasteiger partial charge is 0.234 e. The minimum Gasteiger partial charge on any atom is -0.385 e. The number of hydrogen-bond donors (Lipinski definition) is 2. The van der Waals surface area contributed by atoms with Crippen molar-refractivity contribution in [2.75, 3.05) is 26.8 Å². The molecule has 0 aromatic carbocycles. The summed E-state index contributed by atoms with van der Waals surface area (Å²) in [5.41, 5.74) is 0. The number of amides is 1. The third kappa shape index (κ3) is 7.67. The maximum Gasteiger partial charge on any atom is 0.234 e. The van der Waals surface area contributed by atoms with Crippen LogP contribution in [0, 0.1) is 0 Å². The number of carbonyl (C=O) groups is 1. The van der Waals surface area contributed by atoms with Crippen molar-refractivity contribution in [3.8, 4) is 0 Å². The van der Waals surface area contributed by atoms with Crippen LogP contribution in [0.5, 0.6) is 0 Å². The van der Waals surface area contributed by atoms with Gasteiger partial charge in [-0.3, -0.25) is 4.79 Å². The first-order valence-corrected chi connectivity index (χ1v) is 7.32. The highest BCUT2D eigenvalue weighted by atomic mass is 16.5. The van der Waals surface area contributed by atoms with Gasteiger partial charge in [0.25, 0.3) is 0 Å². The molecule has 1 aliphatic rings. The summed E-state index contributed by atoms with van der Waals surface area (Å²) < 4.78 is 4.99. The summed E-state index contributed by atoms with van der Waals surface area (Å²) in [6.07, 6.45) is 9.53. The van der Waals surface area contributed by atoms with Gasteiger partial charge in [-0.15, -0.1) is 0 Å². The third-order valence-corrected chi connectivity index (χ3v) is 3.46. The van der Waals surface area contributed by atoms with Crippen LogP contribution in [0.3, 0.4) is 0 Å². The van der Waals surface area contributed by atoms with Gasteiger partial charge in [0, 0.05) is 19.8 Å². The lowest BCUT2D eigenvalue weighted by molar-refractivity contribution is -0.121. The van der Waals surface area contributed by atoms with E-state index in [-0.39, 0.29) is 5.91 Å². The van der Waals surface area contributed by atoms with Gasteiger partial charge in [0.2, 0.25) is 5.91 Å². The Bertz CT molecular complexity index is 216. The first kappa shape index (κ1) is 15.4. The van der Waals surface area contributed by atoms with Crippen molar-refractivity contribution in [3.63, 3.8) is 0 Å². The van der Waals surface area contributed by atoms with Gasteiger partial charge in [-0.1, -0.05) is 19.3 Å². The third-order valence-electron chi connectivity index (χ3n) is 3.46. The molecular formula is C14H28N2O2. The van der Waals surface area contributed by atoms with Crippen LogP contribution < -0.4 is 10.6 Å². The standard InChI is InChI=1S/C14H28N2O2/c1-18-11-7-3-6-10-15-12-14(17)16-13-8-4-2-5-9-13/h13,15H,2-12H2,1H3,(H,16,17). The Hall–Kier alpha value is -0.610. The number of methoxy groups -OCH3 is 1. The topological polar surface area (TPSA) is 50.4 Å². The molecule has 0 spiro atoms. The summed E-state index contributed by atoms with van der Waals surface area (Å²) in [5.74, 6) is 0.152. The molecule has 0 aromatic heterocycles. The van der Waals surface area contributed by atoms with Crippen LogP contribution in [-0.2, 0) is 9.53 Å². The van der Waals surface area contributed by atoms with Crippen molar-refractivity contribution < 1.29 is 9.53 Å². The minimum absolute atomic E-state index is 0.152. The molecule has 0 atom stereocenters. The van der Waals surface area contributed by atoms with E-state index < -0.39 is 0 Å². The van der Waals surface area contributed by atoms with E-state index in [1.165, 1.54) is 19.3 Å². The predicted molar refractivity (Wildman–Crippen MR) is 73.6 cm³/mol. The lowest BCUT2D eigenvalue weighted by Crippen LogP contribution is -2.41. The normalized spacial score (nSPS) is 16.7. The molecule has 4 heteroatoms. The molecule has 0 aromatic rings. The fraction of sp³-hybridized carbons (Fsp3) is 0.929. The van der Waals surface area contributed by atoms with Gasteiger partial charge in [-0.2, -0.15) is 0 Å². The Morgan fingerprint density at radius 2 is 1.94 bits per heavy atom. The summed E-state index contributed by atoms with van der Waals surface area (Å²) >= 11 is 0. The number of nitrogens with one attached hydrogen (secondary N) is 2. The Kier molecular flexibility index (Phi) is 8.86. The molecule has 1 amide bonds. The van der Waals surface area contributed by atoms with Crippen LogP contribution in [0.25, 0.3) is 0 Å². The molecule has 0 saturated heterocycles. The second-order valence-electron chi connectivity index (χ2n) is 5.13. The first-order valence-electron chi connectivity index (χ1n) is 7.32. The summed E-state index contributed by atoms with van der Waals surface area (Å²) in [7, 11) is 1.73. The van der Waals surface area contributed by atoms with E-state index in [0.29, 0.717) is 12.6 Å². The Balaban J connectivity index is 1.90. The molecule has 1 rings (SSSR count). The second-order valence-corrected chi connectivity index (χ2v) is 5.13. The van der Waals surface area contributed by atoms with Crippen molar-refractivity contribution in [2.24, 2.45) is 0 Å². The molecule has 18 heavy (non-hydrogen) atoms. The van der Waals surface area contributed by atoms with Crippen LogP contribution >= 0.6 is 0 Å². The van der Waals surface area contributed by atoms with Gasteiger partial charge < -0.3 is 15.4 Å². The van der Waals surface area contributed by atoms with E-state index >= 15 is 0 Å². The largest absolute Gasteiger partial charge is 0.385 e. The van der Waals surface area contributed by atoms with Gasteiger partial charge >= 0.3 is 0 Å². The van der Waals surface area contributed by atoms with E-state index in [1.807, 2.05) is 0 Å². The van der Waals surface area contributed by atoms with E-state index in [0.717, 1.165) is 45.3 Å². The molecule has 106 valence electrons. The summed E-state index contributed by atoms with van der Waals surface area (Å²) in [6.45, 7) is 2.21. The molecule has 0 aliphatic heterocycles. The highest BCUT2D eigenvalue weighted by molar-refractivity contribution is 5.78. The zero-order valence-corrected chi connectivity index (χ0v) is 11.7. The van der Waals surface area contributed by atoms with Gasteiger partial charge in [0.15, 0.2) is 0 Å². The van der Waals surface area contributed by atoms with Gasteiger partial charge in [-0.05, 0) is 38.6 Å². The molecular weight excluding hydrogens is 228 g/mol. The molecule has 0 radical (unpaired) electrons. The lowest BCUT2D eigenvalue weighted by Gasteiger charge is -2.22. The molecule has 1 fully saturated rings. The van der Waals surface area contributed by atoms with Crippen molar-refractivity contribution >= 4 is 5.91 Å². The number of ether oxygens (including phenoxy) is 1. The van der Waals surface area contributed by atoms with Gasteiger partial charge in [0.05, 0.1) is 6.54 Å². The fourth-order valence-electron chi connectivity index (χ4n) is 2.40. The number of carbonyl (C=O) groups excluding carboxylic acids is 1. The Morgan fingerprint density at radius 3 is 2.67 bits per heavy atom. The van der Waals surface area contributed by atoms with Gasteiger partial charge in [0.1, 0.15) is 0 Å². The van der Waals surface area contributed by atoms with Crippen LogP contribution in [0.4, 0.5) is 0 Å². The van der Waals surface area contributed by atoms with E-state index in [2.05, 4.69) is 10.6 Å². The van der Waals surface area contributed by atoms with Crippen LogP contribution in [0.15, 0.2) is 0 Å². The number of rotatable bonds is 9. The maximum absolute atomic E-state index is 11.7. The quantitative estimate of drug-likeness (QED) is 0.619. The number of unbranched alkanes of at least 4 members (excludes halogenated alkanes) is 2. The highest BCUT2D eigenvalue weighted by Crippen LogP contribution is 2.16. The van der Waals surface area contributed by atoms with Gasteiger partial charge in [-0.25, -0.2) is 0 Å². The summed E-state index contributed by atoms with van der Waals surface area (Å²) in [6, 6.07) is 0.426. The van der Waals surface area contributed by atoms with Crippen molar-refractivity contribution in [3.05, 3.63) is 0 Å². The van der Waals surface area contributed by atoms with E-state index in [9.17, 15) is 4.79 Å². The van der Waals surface area contributed by atoms with Crippen molar-refractivity contribution in [2.45, 2.75) is 57.4 Å². The second kappa shape index (κ2) is 10.3. The molecule has 4 nitrogen and oxygen atoms in total. The zero-order valence-electron chi connectivity index (χ0n) is 11.7. The molecule has 2 N–H and O–H groups in total. The Labute approximate surface area is 111 Å². The maximum atomic E-state index is 11.7. The van der Waals surface area contributed by atoms with Crippen LogP contribution in [0.1, 0.15) is 51.4 Å². The average Bonchev–Trinajstić information content (AvgIpc) is 2.39. The van der Waals surface area contributed by atoms with Crippen molar-refractivity contribution in [1.82, 2.24) is 10.6 Å². The predicted octanol–water partition coefficient (Wildman–Crippen LogP) is 1.84. The minimum atomic E-state index is 0.152. The molecule has 1 saturated carbocycles. The monoisotopic (exact) mass is 256 g/mol. The Morgan fingerprint density at radius 1 is 1.17 bits per heavy atom. The van der Waals surface area contributed by atoms with E-state index in [1.54, 1.807) is 7.11 Å². The molecule has 0 unspecified atom stereocenters. The zero-order chi connectivity index (χ0) is 13.1. The SMILES string of the molecule is COCCCCCNCC(=O)NC1CCCCC1. The number of hydrogen-bond acceptors (Lipinski definition) is 3.